The lowest BCUT2D eigenvalue weighted by atomic mass is 10.2. The first-order valence-electron chi connectivity index (χ1n) is 6.74. The Bertz CT molecular complexity index is 670. The third-order valence-electron chi connectivity index (χ3n) is 4.04. The fraction of sp³-hybridized carbons (Fsp3) is 0.429. The van der Waals surface area contributed by atoms with Gasteiger partial charge in [-0.15, -0.1) is 11.8 Å². The van der Waals surface area contributed by atoms with Gasteiger partial charge in [-0.3, -0.25) is 9.59 Å². The minimum Gasteiger partial charge on any atom is -0.322 e. The first kappa shape index (κ1) is 15.2. The quantitative estimate of drug-likeness (QED) is 0.848. The average Bonchev–Trinajstić information content (AvgIpc) is 2.97. The van der Waals surface area contributed by atoms with Crippen LogP contribution in [0.15, 0.2) is 12.1 Å². The van der Waals surface area contributed by atoms with E-state index < -0.39 is 40.0 Å². The molecular weight excluding hydrogens is 317 g/mol. The van der Waals surface area contributed by atoms with Crippen molar-refractivity contribution in [2.24, 2.45) is 0 Å². The van der Waals surface area contributed by atoms with E-state index in [1.165, 1.54) is 16.7 Å². The second-order valence-corrected chi connectivity index (χ2v) is 6.98. The molecule has 2 heterocycles. The van der Waals surface area contributed by atoms with Gasteiger partial charge in [-0.2, -0.15) is 0 Å². The van der Waals surface area contributed by atoms with E-state index in [9.17, 15) is 22.8 Å². The van der Waals surface area contributed by atoms with E-state index in [1.807, 2.05) is 6.92 Å². The first-order valence-corrected chi connectivity index (χ1v) is 7.72. The molecule has 2 atom stereocenters. The SMILES string of the molecule is C[C@@]12CCC(=O)N1[C@H](C(=O)Nc1ccc(F)c(F)c1F)CS2. The molecule has 0 spiro atoms. The zero-order chi connectivity index (χ0) is 16.1. The van der Waals surface area contributed by atoms with Crippen molar-refractivity contribution in [1.82, 2.24) is 4.90 Å². The van der Waals surface area contributed by atoms with Crippen molar-refractivity contribution in [1.29, 1.82) is 0 Å². The van der Waals surface area contributed by atoms with Gasteiger partial charge < -0.3 is 10.2 Å². The van der Waals surface area contributed by atoms with Crippen LogP contribution in [0.3, 0.4) is 0 Å². The van der Waals surface area contributed by atoms with Crippen LogP contribution < -0.4 is 5.32 Å². The van der Waals surface area contributed by atoms with Crippen LogP contribution in [0.4, 0.5) is 18.9 Å². The summed E-state index contributed by atoms with van der Waals surface area (Å²) in [7, 11) is 0. The molecule has 3 rings (SSSR count). The van der Waals surface area contributed by atoms with Gasteiger partial charge in [0.15, 0.2) is 17.5 Å². The molecule has 0 bridgehead atoms. The van der Waals surface area contributed by atoms with E-state index in [0.29, 0.717) is 18.6 Å². The second kappa shape index (κ2) is 5.19. The van der Waals surface area contributed by atoms with Crippen molar-refractivity contribution in [3.05, 3.63) is 29.6 Å². The fourth-order valence-corrected chi connectivity index (χ4v) is 4.29. The number of halogens is 3. The van der Waals surface area contributed by atoms with Crippen LogP contribution in [0, 0.1) is 17.5 Å². The van der Waals surface area contributed by atoms with Crippen molar-refractivity contribution in [3.63, 3.8) is 0 Å². The first-order chi connectivity index (χ1) is 10.3. The van der Waals surface area contributed by atoms with Gasteiger partial charge in [0, 0.05) is 12.2 Å². The van der Waals surface area contributed by atoms with Crippen molar-refractivity contribution in [2.45, 2.75) is 30.7 Å². The van der Waals surface area contributed by atoms with Gasteiger partial charge in [-0.25, -0.2) is 13.2 Å². The molecule has 2 aliphatic heterocycles. The van der Waals surface area contributed by atoms with E-state index in [0.717, 1.165) is 12.1 Å². The Morgan fingerprint density at radius 2 is 2.09 bits per heavy atom. The van der Waals surface area contributed by atoms with Gasteiger partial charge in [0.05, 0.1) is 10.6 Å². The highest BCUT2D eigenvalue weighted by molar-refractivity contribution is 8.01. The minimum absolute atomic E-state index is 0.126. The molecule has 1 aromatic rings. The molecule has 2 aliphatic rings. The van der Waals surface area contributed by atoms with Crippen molar-refractivity contribution >= 4 is 29.3 Å². The average molecular weight is 330 g/mol. The highest BCUT2D eigenvalue weighted by Crippen LogP contribution is 2.47. The maximum Gasteiger partial charge on any atom is 0.248 e. The normalized spacial score (nSPS) is 27.2. The summed E-state index contributed by atoms with van der Waals surface area (Å²) in [5, 5.41) is 2.24. The topological polar surface area (TPSA) is 49.4 Å². The highest BCUT2D eigenvalue weighted by Gasteiger charge is 2.52. The summed E-state index contributed by atoms with van der Waals surface area (Å²) in [6, 6.07) is 0.957. The number of amides is 2. The summed E-state index contributed by atoms with van der Waals surface area (Å²) in [4.78, 5) is 25.3. The van der Waals surface area contributed by atoms with Crippen molar-refractivity contribution in [2.75, 3.05) is 11.1 Å². The number of fused-ring (bicyclic) bond motifs is 1. The number of rotatable bonds is 2. The number of thioether (sulfide) groups is 1. The number of hydrogen-bond donors (Lipinski definition) is 1. The standard InChI is InChI=1S/C14H13F3N2O2S/c1-14-5-4-10(20)19(14)9(6-22-14)13(21)18-8-3-2-7(15)11(16)12(8)17/h2-3,9H,4-6H2,1H3,(H,18,21)/t9-,14+/m0/s1. The van der Waals surface area contributed by atoms with Crippen LogP contribution in [-0.2, 0) is 9.59 Å². The zero-order valence-corrected chi connectivity index (χ0v) is 12.5. The van der Waals surface area contributed by atoms with E-state index in [1.54, 1.807) is 0 Å². The minimum atomic E-state index is -1.64. The molecule has 0 aromatic heterocycles. The number of benzene rings is 1. The molecule has 8 heteroatoms. The molecule has 4 nitrogen and oxygen atoms in total. The number of nitrogens with one attached hydrogen (secondary N) is 1. The lowest BCUT2D eigenvalue weighted by Gasteiger charge is -2.29. The predicted octanol–water partition coefficient (Wildman–Crippen LogP) is 2.50. The number of carbonyl (C=O) groups is 2. The van der Waals surface area contributed by atoms with Crippen LogP contribution in [0.1, 0.15) is 19.8 Å². The van der Waals surface area contributed by atoms with Crippen LogP contribution in [-0.4, -0.2) is 33.4 Å². The summed E-state index contributed by atoms with van der Waals surface area (Å²) in [5.74, 6) is -4.75. The lowest BCUT2D eigenvalue weighted by molar-refractivity contribution is -0.135. The molecular formula is C14H13F3N2O2S. The van der Waals surface area contributed by atoms with Gasteiger partial charge in [-0.1, -0.05) is 0 Å². The molecule has 0 saturated carbocycles. The van der Waals surface area contributed by atoms with Gasteiger partial charge in [0.25, 0.3) is 0 Å². The molecule has 0 unspecified atom stereocenters. The molecule has 118 valence electrons. The van der Waals surface area contributed by atoms with Gasteiger partial charge in [0.1, 0.15) is 6.04 Å². The molecule has 2 fully saturated rings. The number of carbonyl (C=O) groups excluding carboxylic acids is 2. The molecule has 2 saturated heterocycles. The second-order valence-electron chi connectivity index (χ2n) is 5.48. The van der Waals surface area contributed by atoms with Crippen molar-refractivity contribution < 1.29 is 22.8 Å². The molecule has 1 N–H and O–H groups in total. The number of anilines is 1. The summed E-state index contributed by atoms with van der Waals surface area (Å²) >= 11 is 1.49. The Kier molecular flexibility index (Phi) is 3.58. The smallest absolute Gasteiger partial charge is 0.248 e. The van der Waals surface area contributed by atoms with Gasteiger partial charge in [0.2, 0.25) is 11.8 Å². The van der Waals surface area contributed by atoms with E-state index in [-0.39, 0.29) is 5.91 Å². The third kappa shape index (κ3) is 2.25. The van der Waals surface area contributed by atoms with Crippen LogP contribution in [0.5, 0.6) is 0 Å². The number of nitrogens with zero attached hydrogens (tertiary/aromatic N) is 1. The summed E-state index contributed by atoms with van der Waals surface area (Å²) in [5.41, 5.74) is -0.436. The number of hydrogen-bond acceptors (Lipinski definition) is 3. The summed E-state index contributed by atoms with van der Waals surface area (Å²) in [6.45, 7) is 1.88. The molecule has 0 radical (unpaired) electrons. The van der Waals surface area contributed by atoms with Crippen LogP contribution in [0.25, 0.3) is 0 Å². The Balaban J connectivity index is 1.81. The lowest BCUT2D eigenvalue weighted by Crippen LogP contribution is -2.48. The maximum atomic E-state index is 13.6. The van der Waals surface area contributed by atoms with E-state index >= 15 is 0 Å². The zero-order valence-electron chi connectivity index (χ0n) is 11.7. The maximum absolute atomic E-state index is 13.6. The Morgan fingerprint density at radius 1 is 1.36 bits per heavy atom. The summed E-state index contributed by atoms with van der Waals surface area (Å²) < 4.78 is 39.7. The third-order valence-corrected chi connectivity index (χ3v) is 5.55. The summed E-state index contributed by atoms with van der Waals surface area (Å²) in [6.07, 6.45) is 1.02. The molecule has 2 amide bonds. The monoisotopic (exact) mass is 330 g/mol. The Hall–Kier alpha value is -1.70. The Labute approximate surface area is 129 Å². The fourth-order valence-electron chi connectivity index (χ4n) is 2.85. The Morgan fingerprint density at radius 3 is 2.82 bits per heavy atom. The van der Waals surface area contributed by atoms with Crippen LogP contribution in [0.2, 0.25) is 0 Å². The van der Waals surface area contributed by atoms with Crippen molar-refractivity contribution in [3.8, 4) is 0 Å². The molecule has 22 heavy (non-hydrogen) atoms. The highest BCUT2D eigenvalue weighted by atomic mass is 32.2. The van der Waals surface area contributed by atoms with Gasteiger partial charge in [-0.05, 0) is 25.5 Å². The molecule has 1 aromatic carbocycles. The van der Waals surface area contributed by atoms with Gasteiger partial charge >= 0.3 is 0 Å². The molecule has 0 aliphatic carbocycles. The van der Waals surface area contributed by atoms with E-state index in [2.05, 4.69) is 5.32 Å². The largest absolute Gasteiger partial charge is 0.322 e. The van der Waals surface area contributed by atoms with Crippen LogP contribution >= 0.6 is 11.8 Å². The predicted molar refractivity (Wildman–Crippen MR) is 75.7 cm³/mol. The van der Waals surface area contributed by atoms with E-state index in [4.69, 9.17) is 0 Å².